The molecule has 0 bridgehead atoms. The van der Waals surface area contributed by atoms with E-state index in [-0.39, 0.29) is 5.56 Å². The quantitative estimate of drug-likeness (QED) is 0.756. The van der Waals surface area contributed by atoms with Gasteiger partial charge in [-0.25, -0.2) is 4.39 Å². The van der Waals surface area contributed by atoms with Crippen LogP contribution in [-0.2, 0) is 0 Å². The van der Waals surface area contributed by atoms with E-state index < -0.39 is 11.7 Å². The fourth-order valence-electron chi connectivity index (χ4n) is 1.64. The van der Waals surface area contributed by atoms with Crippen molar-refractivity contribution in [3.8, 4) is 0 Å². The average molecular weight is 280 g/mol. The first-order valence-corrected chi connectivity index (χ1v) is 5.77. The number of anilines is 3. The van der Waals surface area contributed by atoms with E-state index in [1.54, 1.807) is 12.1 Å². The molecule has 0 aliphatic rings. The van der Waals surface area contributed by atoms with E-state index in [1.807, 2.05) is 0 Å². The number of rotatable bonds is 3. The maximum atomic E-state index is 13.2. The number of benzene rings is 2. The third-order valence-corrected chi connectivity index (χ3v) is 2.88. The second kappa shape index (κ2) is 5.16. The second-order valence-corrected chi connectivity index (χ2v) is 4.29. The van der Waals surface area contributed by atoms with Gasteiger partial charge in [-0.15, -0.1) is 0 Å². The molecule has 2 aromatic carbocycles. The van der Waals surface area contributed by atoms with E-state index in [0.717, 1.165) is 0 Å². The Kier molecular flexibility index (Phi) is 3.57. The second-order valence-electron chi connectivity index (χ2n) is 3.88. The van der Waals surface area contributed by atoms with Crippen LogP contribution >= 0.6 is 11.6 Å². The molecule has 2 rings (SSSR count). The summed E-state index contributed by atoms with van der Waals surface area (Å²) in [7, 11) is 0. The molecule has 0 unspecified atom stereocenters. The molecule has 6 heteroatoms. The SMILES string of the molecule is NC(=O)c1cccc(N)c1Nc1cc(F)ccc1Cl. The molecule has 2 aromatic rings. The molecule has 0 atom stereocenters. The van der Waals surface area contributed by atoms with Crippen LogP contribution in [0.2, 0.25) is 5.02 Å². The largest absolute Gasteiger partial charge is 0.397 e. The lowest BCUT2D eigenvalue weighted by molar-refractivity contribution is 0.100. The van der Waals surface area contributed by atoms with Crippen LogP contribution in [-0.4, -0.2) is 5.91 Å². The normalized spacial score (nSPS) is 10.2. The Morgan fingerprint density at radius 3 is 2.68 bits per heavy atom. The molecule has 4 nitrogen and oxygen atoms in total. The van der Waals surface area contributed by atoms with Crippen molar-refractivity contribution in [2.24, 2.45) is 5.73 Å². The zero-order valence-corrected chi connectivity index (χ0v) is 10.5. The molecule has 0 saturated heterocycles. The van der Waals surface area contributed by atoms with Gasteiger partial charge in [0, 0.05) is 0 Å². The highest BCUT2D eigenvalue weighted by Gasteiger charge is 2.12. The lowest BCUT2D eigenvalue weighted by atomic mass is 10.1. The topological polar surface area (TPSA) is 81.1 Å². The first kappa shape index (κ1) is 13.2. The zero-order valence-electron chi connectivity index (χ0n) is 9.78. The summed E-state index contributed by atoms with van der Waals surface area (Å²) in [5.74, 6) is -1.09. The number of amides is 1. The maximum absolute atomic E-state index is 13.2. The van der Waals surface area contributed by atoms with Gasteiger partial charge in [0.15, 0.2) is 0 Å². The van der Waals surface area contributed by atoms with Gasteiger partial charge in [0.1, 0.15) is 5.82 Å². The van der Waals surface area contributed by atoms with Crippen molar-refractivity contribution < 1.29 is 9.18 Å². The summed E-state index contributed by atoms with van der Waals surface area (Å²) in [5.41, 5.74) is 12.2. The van der Waals surface area contributed by atoms with Crippen LogP contribution in [0.1, 0.15) is 10.4 Å². The average Bonchev–Trinajstić information content (AvgIpc) is 2.35. The van der Waals surface area contributed by atoms with Crippen LogP contribution < -0.4 is 16.8 Å². The number of nitrogen functional groups attached to an aromatic ring is 1. The van der Waals surface area contributed by atoms with Crippen molar-refractivity contribution in [1.82, 2.24) is 0 Å². The molecule has 0 aliphatic heterocycles. The van der Waals surface area contributed by atoms with Crippen LogP contribution in [0.5, 0.6) is 0 Å². The first-order chi connectivity index (χ1) is 8.99. The van der Waals surface area contributed by atoms with Gasteiger partial charge in [-0.3, -0.25) is 4.79 Å². The van der Waals surface area contributed by atoms with Gasteiger partial charge in [0.2, 0.25) is 0 Å². The molecule has 0 heterocycles. The number of hydrogen-bond acceptors (Lipinski definition) is 3. The van der Waals surface area contributed by atoms with Gasteiger partial charge in [-0.05, 0) is 30.3 Å². The highest BCUT2D eigenvalue weighted by molar-refractivity contribution is 6.33. The minimum absolute atomic E-state index is 0.209. The predicted molar refractivity (Wildman–Crippen MR) is 74.1 cm³/mol. The van der Waals surface area contributed by atoms with Crippen LogP contribution in [0.3, 0.4) is 0 Å². The van der Waals surface area contributed by atoms with Crippen molar-refractivity contribution in [3.63, 3.8) is 0 Å². The summed E-state index contributed by atoms with van der Waals surface area (Å²) in [6, 6.07) is 8.57. The molecule has 98 valence electrons. The van der Waals surface area contributed by atoms with Gasteiger partial charge in [-0.1, -0.05) is 17.7 Å². The summed E-state index contributed by atoms with van der Waals surface area (Å²) in [6.45, 7) is 0. The Balaban J connectivity index is 2.49. The van der Waals surface area contributed by atoms with Crippen molar-refractivity contribution in [1.29, 1.82) is 0 Å². The Hall–Kier alpha value is -2.27. The van der Waals surface area contributed by atoms with Gasteiger partial charge in [0.05, 0.1) is 27.6 Å². The fraction of sp³-hybridized carbons (Fsp3) is 0. The van der Waals surface area contributed by atoms with Crippen LogP contribution in [0.15, 0.2) is 36.4 Å². The minimum Gasteiger partial charge on any atom is -0.397 e. The zero-order chi connectivity index (χ0) is 14.0. The van der Waals surface area contributed by atoms with Gasteiger partial charge in [-0.2, -0.15) is 0 Å². The molecule has 0 aromatic heterocycles. The Morgan fingerprint density at radius 2 is 2.00 bits per heavy atom. The van der Waals surface area contributed by atoms with Crippen LogP contribution in [0.25, 0.3) is 0 Å². The van der Waals surface area contributed by atoms with Crippen molar-refractivity contribution in [2.75, 3.05) is 11.1 Å². The summed E-state index contributed by atoms with van der Waals surface area (Å²) in [4.78, 5) is 11.3. The fourth-order valence-corrected chi connectivity index (χ4v) is 1.81. The van der Waals surface area contributed by atoms with Gasteiger partial charge in [0.25, 0.3) is 5.91 Å². The van der Waals surface area contributed by atoms with Gasteiger partial charge < -0.3 is 16.8 Å². The highest BCUT2D eigenvalue weighted by atomic mass is 35.5. The van der Waals surface area contributed by atoms with E-state index in [2.05, 4.69) is 5.32 Å². The van der Waals surface area contributed by atoms with Gasteiger partial charge >= 0.3 is 0 Å². The number of hydrogen-bond donors (Lipinski definition) is 3. The highest BCUT2D eigenvalue weighted by Crippen LogP contribution is 2.31. The summed E-state index contributed by atoms with van der Waals surface area (Å²) in [6.07, 6.45) is 0. The Morgan fingerprint density at radius 1 is 1.26 bits per heavy atom. The van der Waals surface area contributed by atoms with E-state index in [9.17, 15) is 9.18 Å². The molecule has 5 N–H and O–H groups in total. The van der Waals surface area contributed by atoms with E-state index in [0.29, 0.717) is 22.1 Å². The molecule has 19 heavy (non-hydrogen) atoms. The number of carbonyl (C=O) groups excluding carboxylic acids is 1. The number of nitrogens with one attached hydrogen (secondary N) is 1. The first-order valence-electron chi connectivity index (χ1n) is 5.39. The molecule has 0 radical (unpaired) electrons. The minimum atomic E-state index is -0.637. The molecule has 0 aliphatic carbocycles. The molecular weight excluding hydrogens is 269 g/mol. The summed E-state index contributed by atoms with van der Waals surface area (Å²) in [5, 5.41) is 3.14. The third-order valence-electron chi connectivity index (χ3n) is 2.55. The van der Waals surface area contributed by atoms with E-state index in [1.165, 1.54) is 24.3 Å². The van der Waals surface area contributed by atoms with Crippen LogP contribution in [0.4, 0.5) is 21.5 Å². The molecule has 0 saturated carbocycles. The number of primary amides is 1. The molecule has 1 amide bonds. The van der Waals surface area contributed by atoms with Crippen molar-refractivity contribution >= 4 is 34.6 Å². The summed E-state index contributed by atoms with van der Waals surface area (Å²) >= 11 is 5.94. The Labute approximate surface area is 114 Å². The van der Waals surface area contributed by atoms with Crippen LogP contribution in [0, 0.1) is 5.82 Å². The maximum Gasteiger partial charge on any atom is 0.250 e. The number of nitrogens with two attached hydrogens (primary N) is 2. The third kappa shape index (κ3) is 2.77. The van der Waals surface area contributed by atoms with E-state index >= 15 is 0 Å². The van der Waals surface area contributed by atoms with Crippen molar-refractivity contribution in [2.45, 2.75) is 0 Å². The molecular formula is C13H11ClFN3O. The molecule has 0 fully saturated rings. The monoisotopic (exact) mass is 279 g/mol. The number of halogens is 2. The lowest BCUT2D eigenvalue weighted by Crippen LogP contribution is -2.14. The van der Waals surface area contributed by atoms with E-state index in [4.69, 9.17) is 23.1 Å². The van der Waals surface area contributed by atoms with Crippen molar-refractivity contribution in [3.05, 3.63) is 52.8 Å². The smallest absolute Gasteiger partial charge is 0.250 e. The molecule has 0 spiro atoms. The lowest BCUT2D eigenvalue weighted by Gasteiger charge is -2.13. The number of carbonyl (C=O) groups is 1. The summed E-state index contributed by atoms with van der Waals surface area (Å²) < 4.78 is 13.2. The standard InChI is InChI=1S/C13H11ClFN3O/c14-9-5-4-7(15)6-11(9)18-12-8(13(17)19)2-1-3-10(12)16/h1-6,18H,16H2,(H2,17,19). The number of para-hydroxylation sites is 1. The predicted octanol–water partition coefficient (Wildman–Crippen LogP) is 2.90. The Bertz CT molecular complexity index is 646.